The highest BCUT2D eigenvalue weighted by atomic mass is 32.1. The van der Waals surface area contributed by atoms with Crippen LogP contribution in [0.3, 0.4) is 0 Å². The fourth-order valence-electron chi connectivity index (χ4n) is 3.56. The Morgan fingerprint density at radius 3 is 2.88 bits per heavy atom. The Morgan fingerprint density at radius 1 is 1.24 bits per heavy atom. The highest BCUT2D eigenvalue weighted by Crippen LogP contribution is 2.38. The zero-order valence-electron chi connectivity index (χ0n) is 14.1. The number of hydrogen-bond acceptors (Lipinski definition) is 7. The number of fused-ring (bicyclic) bond motifs is 1. The van der Waals surface area contributed by atoms with Crippen LogP contribution in [0.2, 0.25) is 0 Å². The maximum absolute atomic E-state index is 10.6. The molecule has 1 saturated carbocycles. The Bertz CT molecular complexity index is 832. The van der Waals surface area contributed by atoms with Crippen molar-refractivity contribution >= 4 is 21.4 Å². The summed E-state index contributed by atoms with van der Waals surface area (Å²) in [5.41, 5.74) is 0.741. The summed E-state index contributed by atoms with van der Waals surface area (Å²) in [5, 5.41) is 35.5. The molecule has 2 aliphatic rings. The van der Waals surface area contributed by atoms with Crippen LogP contribution >= 0.6 is 11.3 Å². The molecule has 1 aromatic heterocycles. The predicted octanol–water partition coefficient (Wildman–Crippen LogP) is 3.70. The molecule has 1 fully saturated rings. The quantitative estimate of drug-likeness (QED) is 0.782. The van der Waals surface area contributed by atoms with Gasteiger partial charge in [0, 0.05) is 28.9 Å². The molecule has 7 heteroatoms. The van der Waals surface area contributed by atoms with Crippen LogP contribution in [0.25, 0.3) is 10.1 Å². The molecule has 1 aromatic carbocycles. The first-order valence-corrected chi connectivity index (χ1v) is 9.50. The molecule has 1 unspecified atom stereocenters. The topological polar surface area (TPSA) is 80.5 Å². The van der Waals surface area contributed by atoms with Crippen LogP contribution in [-0.2, 0) is 0 Å². The summed E-state index contributed by atoms with van der Waals surface area (Å²) in [6, 6.07) is 5.87. The average Bonchev–Trinajstić information content (AvgIpc) is 3.08. The van der Waals surface area contributed by atoms with E-state index in [0.717, 1.165) is 41.3 Å². The second kappa shape index (κ2) is 6.65. The fraction of sp³-hybridized carbons (Fsp3) is 0.444. The third kappa shape index (κ3) is 3.09. The molecular weight excluding hydrogens is 336 g/mol. The summed E-state index contributed by atoms with van der Waals surface area (Å²) < 4.78 is 1.06. The number of thiophene rings is 1. The van der Waals surface area contributed by atoms with Crippen molar-refractivity contribution < 1.29 is 10.2 Å². The average molecular weight is 358 g/mol. The van der Waals surface area contributed by atoms with Gasteiger partial charge in [-0.3, -0.25) is 0 Å². The minimum absolute atomic E-state index is 0.0273. The molecule has 1 aliphatic carbocycles. The molecule has 0 saturated heterocycles. The van der Waals surface area contributed by atoms with E-state index in [9.17, 15) is 10.2 Å². The fourth-order valence-corrected chi connectivity index (χ4v) is 4.35. The third-order valence-electron chi connectivity index (χ3n) is 4.97. The number of phenolic OH excluding ortho intramolecular Hbond substituents is 1. The summed E-state index contributed by atoms with van der Waals surface area (Å²) in [7, 11) is 1.92. The van der Waals surface area contributed by atoms with Crippen LogP contribution in [0.1, 0.15) is 37.4 Å². The van der Waals surface area contributed by atoms with Gasteiger partial charge in [-0.15, -0.1) is 16.5 Å². The van der Waals surface area contributed by atoms with Crippen LogP contribution < -0.4 is 5.32 Å². The van der Waals surface area contributed by atoms with E-state index in [4.69, 9.17) is 0 Å². The van der Waals surface area contributed by atoms with Gasteiger partial charge in [-0.2, -0.15) is 5.11 Å². The van der Waals surface area contributed by atoms with E-state index in [1.807, 2.05) is 41.7 Å². The molecule has 25 heavy (non-hydrogen) atoms. The van der Waals surface area contributed by atoms with Crippen molar-refractivity contribution in [2.24, 2.45) is 10.2 Å². The SMILES string of the molecule is CN1C=C(N[C@@H]2CCCC[C@H]2O)N=NC1c1ccc2sccc2c1O. The van der Waals surface area contributed by atoms with Crippen LogP contribution in [0.15, 0.2) is 45.8 Å². The zero-order valence-corrected chi connectivity index (χ0v) is 14.9. The first-order valence-electron chi connectivity index (χ1n) is 8.62. The molecule has 6 nitrogen and oxygen atoms in total. The minimum Gasteiger partial charge on any atom is -0.507 e. The predicted molar refractivity (Wildman–Crippen MR) is 98.3 cm³/mol. The van der Waals surface area contributed by atoms with Crippen LogP contribution in [0.4, 0.5) is 0 Å². The second-order valence-corrected chi connectivity index (χ2v) is 7.66. The van der Waals surface area contributed by atoms with E-state index in [-0.39, 0.29) is 24.1 Å². The lowest BCUT2D eigenvalue weighted by molar-refractivity contribution is 0.0945. The third-order valence-corrected chi connectivity index (χ3v) is 5.85. The molecule has 3 atom stereocenters. The van der Waals surface area contributed by atoms with Crippen molar-refractivity contribution in [2.45, 2.75) is 44.0 Å². The molecule has 3 N–H and O–H groups in total. The van der Waals surface area contributed by atoms with Gasteiger partial charge in [0.05, 0.1) is 12.1 Å². The van der Waals surface area contributed by atoms with Crippen molar-refractivity contribution in [3.05, 3.63) is 41.2 Å². The van der Waals surface area contributed by atoms with E-state index < -0.39 is 0 Å². The van der Waals surface area contributed by atoms with E-state index in [1.165, 1.54) is 0 Å². The Balaban J connectivity index is 1.53. The first kappa shape index (κ1) is 16.4. The summed E-state index contributed by atoms with van der Waals surface area (Å²) in [4.78, 5) is 1.93. The smallest absolute Gasteiger partial charge is 0.171 e. The Hall–Kier alpha value is -2.12. The molecular formula is C18H22N4O2S. The lowest BCUT2D eigenvalue weighted by atomic mass is 9.93. The Kier molecular flexibility index (Phi) is 4.35. The largest absolute Gasteiger partial charge is 0.507 e. The van der Waals surface area contributed by atoms with Gasteiger partial charge in [0.1, 0.15) is 5.75 Å². The number of aliphatic hydroxyl groups excluding tert-OH is 1. The summed E-state index contributed by atoms with van der Waals surface area (Å²) in [6.07, 6.45) is 5.16. The Labute approximate surface area is 150 Å². The minimum atomic E-state index is -0.355. The van der Waals surface area contributed by atoms with Gasteiger partial charge in [0.2, 0.25) is 0 Å². The zero-order chi connectivity index (χ0) is 17.4. The molecule has 2 heterocycles. The number of rotatable bonds is 3. The van der Waals surface area contributed by atoms with Crippen molar-refractivity contribution in [3.63, 3.8) is 0 Å². The summed E-state index contributed by atoms with van der Waals surface area (Å²) in [5.74, 6) is 0.919. The van der Waals surface area contributed by atoms with Crippen molar-refractivity contribution in [2.75, 3.05) is 7.05 Å². The van der Waals surface area contributed by atoms with Gasteiger partial charge in [-0.05, 0) is 36.4 Å². The number of aromatic hydroxyl groups is 1. The number of azo groups is 1. The lowest BCUT2D eigenvalue weighted by Crippen LogP contribution is -2.42. The maximum Gasteiger partial charge on any atom is 0.171 e. The van der Waals surface area contributed by atoms with Crippen LogP contribution in [0.5, 0.6) is 5.75 Å². The number of benzene rings is 1. The van der Waals surface area contributed by atoms with Crippen molar-refractivity contribution in [1.29, 1.82) is 0 Å². The highest BCUT2D eigenvalue weighted by molar-refractivity contribution is 7.17. The highest BCUT2D eigenvalue weighted by Gasteiger charge is 2.27. The number of aliphatic hydroxyl groups is 1. The van der Waals surface area contributed by atoms with E-state index >= 15 is 0 Å². The summed E-state index contributed by atoms with van der Waals surface area (Å²) in [6.45, 7) is 0. The molecule has 0 spiro atoms. The molecule has 0 amide bonds. The molecule has 0 radical (unpaired) electrons. The van der Waals surface area contributed by atoms with Gasteiger partial charge < -0.3 is 20.4 Å². The Morgan fingerprint density at radius 2 is 2.08 bits per heavy atom. The standard InChI is InChI=1S/C18H22N4O2S/c1-22-10-16(19-13-4-2-3-5-14(13)23)20-21-18(22)12-6-7-15-11(17(12)24)8-9-25-15/h6-10,13-14,18-19,23-24H,2-5H2,1H3/t13-,14-,18?/m1/s1. The number of phenols is 1. The molecule has 4 rings (SSSR count). The molecule has 1 aliphatic heterocycles. The molecule has 0 bridgehead atoms. The van der Waals surface area contributed by atoms with Crippen molar-refractivity contribution in [3.8, 4) is 5.75 Å². The van der Waals surface area contributed by atoms with Gasteiger partial charge in [0.25, 0.3) is 0 Å². The van der Waals surface area contributed by atoms with E-state index in [2.05, 4.69) is 15.5 Å². The van der Waals surface area contributed by atoms with E-state index in [1.54, 1.807) is 11.3 Å². The normalized spacial score (nSPS) is 26.7. The number of nitrogens with zero attached hydrogens (tertiary/aromatic N) is 3. The van der Waals surface area contributed by atoms with Gasteiger partial charge in [-0.25, -0.2) is 0 Å². The van der Waals surface area contributed by atoms with Crippen LogP contribution in [0, 0.1) is 0 Å². The first-order chi connectivity index (χ1) is 12.1. The number of hydrogen-bond donors (Lipinski definition) is 3. The monoisotopic (exact) mass is 358 g/mol. The van der Waals surface area contributed by atoms with Crippen molar-refractivity contribution in [1.82, 2.24) is 10.2 Å². The van der Waals surface area contributed by atoms with Gasteiger partial charge >= 0.3 is 0 Å². The lowest BCUT2D eigenvalue weighted by Gasteiger charge is -2.32. The molecule has 2 aromatic rings. The van der Waals surface area contributed by atoms with Gasteiger partial charge in [0.15, 0.2) is 12.0 Å². The van der Waals surface area contributed by atoms with Gasteiger partial charge in [-0.1, -0.05) is 12.8 Å². The van der Waals surface area contributed by atoms with Crippen LogP contribution in [-0.4, -0.2) is 34.3 Å². The second-order valence-electron chi connectivity index (χ2n) is 6.71. The van der Waals surface area contributed by atoms with E-state index in [0.29, 0.717) is 5.82 Å². The summed E-state index contributed by atoms with van der Waals surface area (Å²) >= 11 is 1.60. The maximum atomic E-state index is 10.6. The molecule has 132 valence electrons. The number of nitrogens with one attached hydrogen (secondary N) is 1.